The molecule has 0 spiro atoms. The van der Waals surface area contributed by atoms with Crippen molar-refractivity contribution in [3.8, 4) is 5.88 Å². The number of anilines is 2. The summed E-state index contributed by atoms with van der Waals surface area (Å²) in [6, 6.07) is 11.6. The molecule has 1 amide bonds. The van der Waals surface area contributed by atoms with E-state index in [1.54, 1.807) is 19.4 Å². The number of amides is 1. The highest BCUT2D eigenvalue weighted by atomic mass is 16.5. The van der Waals surface area contributed by atoms with Crippen molar-refractivity contribution in [1.82, 2.24) is 4.98 Å². The summed E-state index contributed by atoms with van der Waals surface area (Å²) in [6.45, 7) is 2.09. The first-order valence-corrected chi connectivity index (χ1v) is 7.31. The number of nitrogens with zero attached hydrogens (tertiary/aromatic N) is 1. The first-order chi connectivity index (χ1) is 11.1. The lowest BCUT2D eigenvalue weighted by molar-refractivity contribution is 0.187. The lowest BCUT2D eigenvalue weighted by Crippen LogP contribution is -2.18. The molecule has 2 aromatic rings. The molecule has 0 unspecified atom stereocenters. The first-order valence-electron chi connectivity index (χ1n) is 7.31. The van der Waals surface area contributed by atoms with Gasteiger partial charge in [-0.3, -0.25) is 5.32 Å². The number of pyridine rings is 1. The van der Waals surface area contributed by atoms with Crippen molar-refractivity contribution in [3.05, 3.63) is 48.2 Å². The maximum absolute atomic E-state index is 11.2. The van der Waals surface area contributed by atoms with Gasteiger partial charge in [-0.15, -0.1) is 0 Å². The zero-order chi connectivity index (χ0) is 16.7. The molecule has 6 heteroatoms. The van der Waals surface area contributed by atoms with E-state index in [1.165, 1.54) is 7.11 Å². The molecule has 23 heavy (non-hydrogen) atoms. The Bertz CT molecular complexity index is 661. The van der Waals surface area contributed by atoms with E-state index in [9.17, 15) is 4.79 Å². The van der Waals surface area contributed by atoms with E-state index in [4.69, 9.17) is 4.74 Å². The molecule has 1 atom stereocenters. The second-order valence-electron chi connectivity index (χ2n) is 5.15. The third kappa shape index (κ3) is 5.18. The topological polar surface area (TPSA) is 72.5 Å². The third-order valence-electron chi connectivity index (χ3n) is 3.26. The minimum atomic E-state index is -0.487. The van der Waals surface area contributed by atoms with Crippen LogP contribution in [-0.4, -0.2) is 31.3 Å². The Hall–Kier alpha value is -2.76. The molecule has 1 aromatic carbocycles. The monoisotopic (exact) mass is 315 g/mol. The van der Waals surface area contributed by atoms with E-state index < -0.39 is 6.09 Å². The minimum Gasteiger partial charge on any atom is -0.481 e. The molecule has 6 nitrogen and oxygen atoms in total. The minimum absolute atomic E-state index is 0.204. The predicted molar refractivity (Wildman–Crippen MR) is 90.0 cm³/mol. The summed E-state index contributed by atoms with van der Waals surface area (Å²) in [6.07, 6.45) is 2.08. The van der Waals surface area contributed by atoms with Gasteiger partial charge >= 0.3 is 6.09 Å². The summed E-state index contributed by atoms with van der Waals surface area (Å²) in [5, 5.41) is 6.05. The van der Waals surface area contributed by atoms with Gasteiger partial charge in [-0.05, 0) is 43.2 Å². The largest absolute Gasteiger partial charge is 0.481 e. The van der Waals surface area contributed by atoms with Crippen molar-refractivity contribution in [2.75, 3.05) is 24.9 Å². The number of rotatable bonds is 6. The molecule has 0 aliphatic carbocycles. The van der Waals surface area contributed by atoms with E-state index in [1.807, 2.05) is 30.3 Å². The van der Waals surface area contributed by atoms with Gasteiger partial charge in [0.05, 0.1) is 14.2 Å². The van der Waals surface area contributed by atoms with Crippen molar-refractivity contribution in [3.63, 3.8) is 0 Å². The molecule has 0 aliphatic heterocycles. The maximum atomic E-state index is 11.2. The highest BCUT2D eigenvalue weighted by molar-refractivity contribution is 5.85. The molecule has 2 N–H and O–H groups in total. The molecule has 0 saturated carbocycles. The van der Waals surface area contributed by atoms with Crippen molar-refractivity contribution >= 4 is 17.5 Å². The van der Waals surface area contributed by atoms with Crippen LogP contribution in [0.1, 0.15) is 12.5 Å². The molecule has 2 rings (SSSR count). The van der Waals surface area contributed by atoms with E-state index >= 15 is 0 Å². The second-order valence-corrected chi connectivity index (χ2v) is 5.15. The standard InChI is InChI=1S/C17H21N3O3/c1-12(9-13-7-8-18-16(10-13)22-2)19-14-5-4-6-15(11-14)20-17(21)23-3/h4-8,10-12,19H,9H2,1-3H3,(H,20,21)/t12-/m1/s1. The fraction of sp³-hybridized carbons (Fsp3) is 0.294. The number of hydrogen-bond donors (Lipinski definition) is 2. The number of carbonyl (C=O) groups excluding carboxylic acids is 1. The summed E-state index contributed by atoms with van der Waals surface area (Å²) in [5.41, 5.74) is 2.74. The van der Waals surface area contributed by atoms with Gasteiger partial charge in [-0.2, -0.15) is 0 Å². The zero-order valence-corrected chi connectivity index (χ0v) is 13.5. The molecule has 0 bridgehead atoms. The van der Waals surface area contributed by atoms with Crippen molar-refractivity contribution in [2.24, 2.45) is 0 Å². The van der Waals surface area contributed by atoms with Crippen LogP contribution in [0.2, 0.25) is 0 Å². The summed E-state index contributed by atoms with van der Waals surface area (Å²) in [7, 11) is 2.94. The molecular formula is C17H21N3O3. The SMILES string of the molecule is COC(=O)Nc1cccc(N[C@H](C)Cc2ccnc(OC)c2)c1. The van der Waals surface area contributed by atoms with Gasteiger partial charge in [0.1, 0.15) is 0 Å². The Morgan fingerprint density at radius 2 is 2.00 bits per heavy atom. The molecule has 0 saturated heterocycles. The Morgan fingerprint density at radius 3 is 2.74 bits per heavy atom. The normalized spacial score (nSPS) is 11.4. The summed E-state index contributed by atoms with van der Waals surface area (Å²) in [5.74, 6) is 0.610. The van der Waals surface area contributed by atoms with Crippen LogP contribution in [0.4, 0.5) is 16.2 Å². The fourth-order valence-electron chi connectivity index (χ4n) is 2.23. The van der Waals surface area contributed by atoms with Crippen molar-refractivity contribution in [2.45, 2.75) is 19.4 Å². The predicted octanol–water partition coefficient (Wildman–Crippen LogP) is 3.31. The van der Waals surface area contributed by atoms with Crippen LogP contribution in [0, 0.1) is 0 Å². The molecule has 1 aromatic heterocycles. The van der Waals surface area contributed by atoms with Crippen molar-refractivity contribution in [1.29, 1.82) is 0 Å². The second kappa shape index (κ2) is 8.03. The van der Waals surface area contributed by atoms with Gasteiger partial charge in [0, 0.05) is 29.7 Å². The van der Waals surface area contributed by atoms with E-state index in [2.05, 4.69) is 27.3 Å². The first kappa shape index (κ1) is 16.6. The maximum Gasteiger partial charge on any atom is 0.411 e. The number of aromatic nitrogens is 1. The smallest absolute Gasteiger partial charge is 0.411 e. The number of benzene rings is 1. The highest BCUT2D eigenvalue weighted by Crippen LogP contribution is 2.18. The van der Waals surface area contributed by atoms with Crippen LogP contribution in [0.15, 0.2) is 42.6 Å². The number of carbonyl (C=O) groups is 1. The van der Waals surface area contributed by atoms with Gasteiger partial charge in [0.2, 0.25) is 5.88 Å². The van der Waals surface area contributed by atoms with E-state index in [0.717, 1.165) is 17.7 Å². The van der Waals surface area contributed by atoms with Gasteiger partial charge in [-0.25, -0.2) is 9.78 Å². The molecule has 0 radical (unpaired) electrons. The van der Waals surface area contributed by atoms with E-state index in [0.29, 0.717) is 11.6 Å². The van der Waals surface area contributed by atoms with Gasteiger partial charge in [-0.1, -0.05) is 6.07 Å². The molecular weight excluding hydrogens is 294 g/mol. The molecule has 1 heterocycles. The number of ether oxygens (including phenoxy) is 2. The van der Waals surface area contributed by atoms with Gasteiger partial charge in [0.25, 0.3) is 0 Å². The van der Waals surface area contributed by atoms with Crippen LogP contribution < -0.4 is 15.4 Å². The fourth-order valence-corrected chi connectivity index (χ4v) is 2.23. The summed E-state index contributed by atoms with van der Waals surface area (Å²) in [4.78, 5) is 15.3. The van der Waals surface area contributed by atoms with Crippen molar-refractivity contribution < 1.29 is 14.3 Å². The third-order valence-corrected chi connectivity index (χ3v) is 3.26. The van der Waals surface area contributed by atoms with E-state index in [-0.39, 0.29) is 6.04 Å². The summed E-state index contributed by atoms with van der Waals surface area (Å²) < 4.78 is 9.72. The van der Waals surface area contributed by atoms with Crippen LogP contribution in [-0.2, 0) is 11.2 Å². The number of hydrogen-bond acceptors (Lipinski definition) is 5. The molecule has 0 fully saturated rings. The number of methoxy groups -OCH3 is 2. The highest BCUT2D eigenvalue weighted by Gasteiger charge is 2.07. The Balaban J connectivity index is 1.98. The Labute approximate surface area is 135 Å². The zero-order valence-electron chi connectivity index (χ0n) is 13.5. The Morgan fingerprint density at radius 1 is 1.22 bits per heavy atom. The van der Waals surface area contributed by atoms with Crippen LogP contribution in [0.25, 0.3) is 0 Å². The molecule has 0 aliphatic rings. The summed E-state index contributed by atoms with van der Waals surface area (Å²) >= 11 is 0. The Kier molecular flexibility index (Phi) is 5.80. The lowest BCUT2D eigenvalue weighted by Gasteiger charge is -2.16. The number of nitrogens with one attached hydrogen (secondary N) is 2. The van der Waals surface area contributed by atoms with Crippen LogP contribution in [0.3, 0.4) is 0 Å². The lowest BCUT2D eigenvalue weighted by atomic mass is 10.1. The molecule has 122 valence electrons. The van der Waals surface area contributed by atoms with Crippen LogP contribution in [0.5, 0.6) is 5.88 Å². The van der Waals surface area contributed by atoms with Gasteiger partial charge < -0.3 is 14.8 Å². The quantitative estimate of drug-likeness (QED) is 0.855. The van der Waals surface area contributed by atoms with Gasteiger partial charge in [0.15, 0.2) is 0 Å². The average molecular weight is 315 g/mol. The van der Waals surface area contributed by atoms with Crippen LogP contribution >= 0.6 is 0 Å². The average Bonchev–Trinajstić information content (AvgIpc) is 2.55.